The zero-order valence-corrected chi connectivity index (χ0v) is 20.5. The third-order valence-electron chi connectivity index (χ3n) is 4.31. The van der Waals surface area contributed by atoms with Crippen LogP contribution in [-0.4, -0.2) is 13.0 Å². The summed E-state index contributed by atoms with van der Waals surface area (Å²) in [7, 11) is 1.49. The van der Waals surface area contributed by atoms with Gasteiger partial charge in [-0.15, -0.1) is 0 Å². The van der Waals surface area contributed by atoms with E-state index in [1.807, 2.05) is 30.3 Å². The van der Waals surface area contributed by atoms with Crippen LogP contribution in [0.2, 0.25) is 10.0 Å². The smallest absolute Gasteiger partial charge is 0.266 e. The number of amides is 1. The van der Waals surface area contributed by atoms with Crippen molar-refractivity contribution in [1.82, 2.24) is 0 Å². The minimum atomic E-state index is -0.521. The Bertz CT molecular complexity index is 1200. The summed E-state index contributed by atoms with van der Waals surface area (Å²) < 4.78 is 12.2. The molecule has 0 fully saturated rings. The molecule has 0 aliphatic carbocycles. The second-order valence-corrected chi connectivity index (χ2v) is 8.67. The van der Waals surface area contributed by atoms with E-state index in [1.54, 1.807) is 36.4 Å². The lowest BCUT2D eigenvalue weighted by Crippen LogP contribution is -2.13. The molecule has 0 bridgehead atoms. The maximum absolute atomic E-state index is 12.5. The Morgan fingerprint density at radius 3 is 2.56 bits per heavy atom. The monoisotopic (exact) mass is 578 g/mol. The third-order valence-corrected chi connectivity index (χ3v) is 5.51. The highest BCUT2D eigenvalue weighted by molar-refractivity contribution is 14.1. The first-order chi connectivity index (χ1) is 15.4. The van der Waals surface area contributed by atoms with Gasteiger partial charge in [-0.1, -0.05) is 41.4 Å². The van der Waals surface area contributed by atoms with Gasteiger partial charge in [-0.05, 0) is 82.3 Å². The maximum atomic E-state index is 12.5. The van der Waals surface area contributed by atoms with Gasteiger partial charge in [0.15, 0.2) is 11.5 Å². The molecule has 1 N–H and O–H groups in total. The van der Waals surface area contributed by atoms with E-state index in [1.165, 1.54) is 13.2 Å². The predicted molar refractivity (Wildman–Crippen MR) is 135 cm³/mol. The Labute approximate surface area is 209 Å². The molecule has 32 heavy (non-hydrogen) atoms. The standard InChI is InChI=1S/C24H17Cl2IN2O3/c1-31-22-11-16(9-17(13-28)24(30)29-20-4-2-3-19(27)12-20)10-21(26)23(22)32-14-15-5-7-18(25)8-6-15/h2-12H,14H2,1H3,(H,29,30)/b17-9+. The zero-order chi connectivity index (χ0) is 23.1. The van der Waals surface area contributed by atoms with Crippen LogP contribution < -0.4 is 14.8 Å². The number of hydrogen-bond acceptors (Lipinski definition) is 4. The summed E-state index contributed by atoms with van der Waals surface area (Å²) in [6.45, 7) is 0.268. The Morgan fingerprint density at radius 2 is 1.91 bits per heavy atom. The van der Waals surface area contributed by atoms with Gasteiger partial charge in [-0.3, -0.25) is 4.79 Å². The second kappa shape index (κ2) is 11.2. The van der Waals surface area contributed by atoms with Crippen LogP contribution in [0.4, 0.5) is 5.69 Å². The molecule has 0 atom stereocenters. The van der Waals surface area contributed by atoms with Crippen molar-refractivity contribution in [3.63, 3.8) is 0 Å². The molecule has 0 radical (unpaired) electrons. The molecule has 3 aromatic rings. The fraction of sp³-hybridized carbons (Fsp3) is 0.0833. The number of ether oxygens (including phenoxy) is 2. The van der Waals surface area contributed by atoms with Crippen LogP contribution in [0.3, 0.4) is 0 Å². The number of nitrogens with zero attached hydrogens (tertiary/aromatic N) is 1. The predicted octanol–water partition coefficient (Wildman–Crippen LogP) is 6.73. The lowest BCUT2D eigenvalue weighted by Gasteiger charge is -2.14. The van der Waals surface area contributed by atoms with Gasteiger partial charge in [0, 0.05) is 14.3 Å². The number of anilines is 1. The first-order valence-corrected chi connectivity index (χ1v) is 11.2. The summed E-state index contributed by atoms with van der Waals surface area (Å²) in [6.07, 6.45) is 1.45. The molecule has 0 aliphatic rings. The molecule has 0 unspecified atom stereocenters. The van der Waals surface area contributed by atoms with Crippen molar-refractivity contribution in [2.45, 2.75) is 6.61 Å². The molecule has 3 rings (SSSR count). The van der Waals surface area contributed by atoms with Crippen LogP contribution in [-0.2, 0) is 11.4 Å². The van der Waals surface area contributed by atoms with E-state index in [0.29, 0.717) is 32.8 Å². The molecule has 0 saturated heterocycles. The van der Waals surface area contributed by atoms with E-state index in [-0.39, 0.29) is 12.2 Å². The number of carbonyl (C=O) groups excluding carboxylic acids is 1. The van der Waals surface area contributed by atoms with E-state index in [0.717, 1.165) is 9.13 Å². The van der Waals surface area contributed by atoms with Crippen LogP contribution >= 0.6 is 45.8 Å². The molecule has 0 aromatic heterocycles. The van der Waals surface area contributed by atoms with E-state index < -0.39 is 5.91 Å². The normalized spacial score (nSPS) is 10.9. The molecule has 0 saturated carbocycles. The van der Waals surface area contributed by atoms with Crippen LogP contribution in [0.1, 0.15) is 11.1 Å². The van der Waals surface area contributed by atoms with Crippen molar-refractivity contribution < 1.29 is 14.3 Å². The summed E-state index contributed by atoms with van der Waals surface area (Å²) >= 11 is 14.5. The number of carbonyl (C=O) groups is 1. The molecule has 1 amide bonds. The van der Waals surface area contributed by atoms with Crippen molar-refractivity contribution in [2.75, 3.05) is 12.4 Å². The highest BCUT2D eigenvalue weighted by atomic mass is 127. The number of methoxy groups -OCH3 is 1. The highest BCUT2D eigenvalue weighted by Crippen LogP contribution is 2.37. The fourth-order valence-electron chi connectivity index (χ4n) is 2.78. The molecular formula is C24H17Cl2IN2O3. The second-order valence-electron chi connectivity index (χ2n) is 6.58. The van der Waals surface area contributed by atoms with Crippen molar-refractivity contribution in [3.8, 4) is 17.6 Å². The number of nitriles is 1. The molecule has 8 heteroatoms. The number of halogens is 3. The number of benzene rings is 3. The quantitative estimate of drug-likeness (QED) is 0.192. The lowest BCUT2D eigenvalue weighted by atomic mass is 10.1. The van der Waals surface area contributed by atoms with Gasteiger partial charge >= 0.3 is 0 Å². The first kappa shape index (κ1) is 23.9. The highest BCUT2D eigenvalue weighted by Gasteiger charge is 2.15. The largest absolute Gasteiger partial charge is 0.493 e. The summed E-state index contributed by atoms with van der Waals surface area (Å²) in [6, 6.07) is 19.7. The van der Waals surface area contributed by atoms with Gasteiger partial charge < -0.3 is 14.8 Å². The Morgan fingerprint density at radius 1 is 1.16 bits per heavy atom. The van der Waals surface area contributed by atoms with Crippen molar-refractivity contribution in [1.29, 1.82) is 5.26 Å². The Hall–Kier alpha value is -2.73. The summed E-state index contributed by atoms with van der Waals surface area (Å²) in [4.78, 5) is 12.5. The Balaban J connectivity index is 1.81. The lowest BCUT2D eigenvalue weighted by molar-refractivity contribution is -0.112. The average Bonchev–Trinajstić information content (AvgIpc) is 2.77. The van der Waals surface area contributed by atoms with Crippen molar-refractivity contribution in [3.05, 3.63) is 91.0 Å². The van der Waals surface area contributed by atoms with Gasteiger partial charge in [0.25, 0.3) is 5.91 Å². The van der Waals surface area contributed by atoms with Gasteiger partial charge in [0.1, 0.15) is 18.2 Å². The molecular weight excluding hydrogens is 562 g/mol. The topological polar surface area (TPSA) is 71.3 Å². The number of rotatable bonds is 7. The minimum absolute atomic E-state index is 0.0724. The number of hydrogen-bond donors (Lipinski definition) is 1. The van der Waals surface area contributed by atoms with Crippen LogP contribution in [0, 0.1) is 14.9 Å². The molecule has 162 valence electrons. The van der Waals surface area contributed by atoms with Crippen LogP contribution in [0.5, 0.6) is 11.5 Å². The van der Waals surface area contributed by atoms with Gasteiger partial charge in [-0.2, -0.15) is 5.26 Å². The van der Waals surface area contributed by atoms with Crippen LogP contribution in [0.25, 0.3) is 6.08 Å². The van der Waals surface area contributed by atoms with E-state index in [4.69, 9.17) is 32.7 Å². The fourth-order valence-corrected chi connectivity index (χ4v) is 3.72. The Kier molecular flexibility index (Phi) is 8.39. The molecule has 0 aliphatic heterocycles. The SMILES string of the molecule is COc1cc(/C=C(\C#N)C(=O)Nc2cccc(I)c2)cc(Cl)c1OCc1ccc(Cl)cc1. The van der Waals surface area contributed by atoms with Gasteiger partial charge in [-0.25, -0.2) is 0 Å². The van der Waals surface area contributed by atoms with Crippen LogP contribution in [0.15, 0.2) is 66.2 Å². The molecule has 0 heterocycles. The zero-order valence-electron chi connectivity index (χ0n) is 16.9. The first-order valence-electron chi connectivity index (χ1n) is 9.33. The van der Waals surface area contributed by atoms with Crippen molar-refractivity contribution in [2.24, 2.45) is 0 Å². The molecule has 5 nitrogen and oxygen atoms in total. The van der Waals surface area contributed by atoms with Gasteiger partial charge in [0.2, 0.25) is 0 Å². The van der Waals surface area contributed by atoms with E-state index in [9.17, 15) is 10.1 Å². The third kappa shape index (κ3) is 6.39. The minimum Gasteiger partial charge on any atom is -0.493 e. The maximum Gasteiger partial charge on any atom is 0.266 e. The van der Waals surface area contributed by atoms with Crippen molar-refractivity contribution >= 4 is 63.5 Å². The van der Waals surface area contributed by atoms with E-state index >= 15 is 0 Å². The van der Waals surface area contributed by atoms with E-state index in [2.05, 4.69) is 27.9 Å². The molecule has 3 aromatic carbocycles. The number of nitrogens with one attached hydrogen (secondary N) is 1. The summed E-state index contributed by atoms with van der Waals surface area (Å²) in [5.41, 5.74) is 1.97. The average molecular weight is 579 g/mol. The van der Waals surface area contributed by atoms with Gasteiger partial charge in [0.05, 0.1) is 12.1 Å². The molecule has 0 spiro atoms. The summed E-state index contributed by atoms with van der Waals surface area (Å²) in [5, 5.41) is 13.1. The summed E-state index contributed by atoms with van der Waals surface area (Å²) in [5.74, 6) is 0.226.